The van der Waals surface area contributed by atoms with Crippen LogP contribution in [0.1, 0.15) is 21.6 Å². The number of amides is 1. The van der Waals surface area contributed by atoms with Gasteiger partial charge in [-0.1, -0.05) is 35.3 Å². The van der Waals surface area contributed by atoms with Crippen LogP contribution < -0.4 is 15.1 Å². The van der Waals surface area contributed by atoms with E-state index in [1.54, 1.807) is 24.4 Å². The third-order valence-corrected chi connectivity index (χ3v) is 5.62. The molecule has 188 valence electrons. The van der Waals surface area contributed by atoms with Gasteiger partial charge in [0.25, 0.3) is 5.91 Å². The summed E-state index contributed by atoms with van der Waals surface area (Å²) in [5, 5.41) is 2.96. The number of aryl methyl sites for hydroxylation is 1. The number of hydrogen-bond acceptors (Lipinski definition) is 6. The van der Waals surface area contributed by atoms with Crippen molar-refractivity contribution in [3.63, 3.8) is 0 Å². The highest BCUT2D eigenvalue weighted by atomic mass is 35.5. The molecule has 0 aliphatic carbocycles. The lowest BCUT2D eigenvalue weighted by Crippen LogP contribution is -2.53. The van der Waals surface area contributed by atoms with Crippen molar-refractivity contribution >= 4 is 46.8 Å². The molecule has 2 N–H and O–H groups in total. The first-order valence-electron chi connectivity index (χ1n) is 10.2. The topological polar surface area (TPSA) is 96.6 Å². The van der Waals surface area contributed by atoms with E-state index < -0.39 is 24.2 Å². The van der Waals surface area contributed by atoms with E-state index >= 15 is 0 Å². The largest absolute Gasteiger partial charge is 0.496 e. The Bertz CT molecular complexity index is 1370. The molecule has 0 bridgehead atoms. The van der Waals surface area contributed by atoms with Gasteiger partial charge in [-0.3, -0.25) is 4.79 Å². The smallest absolute Gasteiger partial charge is 0.493 e. The summed E-state index contributed by atoms with van der Waals surface area (Å²) in [5.41, 5.74) is 1.65. The van der Waals surface area contributed by atoms with Crippen molar-refractivity contribution in [3.05, 3.63) is 69.5 Å². The molecule has 8 nitrogen and oxygen atoms in total. The van der Waals surface area contributed by atoms with Crippen molar-refractivity contribution in [2.45, 2.75) is 19.3 Å². The third-order valence-electron chi connectivity index (χ3n) is 5.10. The minimum Gasteiger partial charge on any atom is -0.496 e. The zero-order valence-electron chi connectivity index (χ0n) is 18.6. The minimum absolute atomic E-state index is 0.0257. The van der Waals surface area contributed by atoms with Crippen LogP contribution in [0.3, 0.4) is 0 Å². The molecule has 0 saturated carbocycles. The highest BCUT2D eigenvalue weighted by molar-refractivity contribution is 6.38. The molecule has 1 atom stereocenters. The Morgan fingerprint density at radius 1 is 1.22 bits per heavy atom. The molecule has 1 aromatic heterocycles. The van der Waals surface area contributed by atoms with Gasteiger partial charge in [0, 0.05) is 11.2 Å². The van der Waals surface area contributed by atoms with Crippen LogP contribution in [0.15, 0.2) is 42.6 Å². The summed E-state index contributed by atoms with van der Waals surface area (Å²) >= 11 is 12.1. The normalized spacial score (nSPS) is 15.6. The van der Waals surface area contributed by atoms with Gasteiger partial charge in [-0.15, -0.1) is 0 Å². The fourth-order valence-corrected chi connectivity index (χ4v) is 4.08. The number of aromatic nitrogens is 2. The highest BCUT2D eigenvalue weighted by Gasteiger charge is 2.45. The van der Waals surface area contributed by atoms with Crippen LogP contribution in [0.5, 0.6) is 5.75 Å². The van der Waals surface area contributed by atoms with Crippen molar-refractivity contribution in [2.24, 2.45) is 0 Å². The number of methoxy groups -OCH3 is 1. The quantitative estimate of drug-likeness (QED) is 0.455. The van der Waals surface area contributed by atoms with E-state index in [1.807, 2.05) is 6.92 Å². The SMILES string of the molecule is COc1cc(C=CC2NC(=O)c3c(Cl)cc(Cl)cc3N2OC(=O)C(F)(F)F)ccc1-c1nc(C)c[nH]1. The molecule has 1 aliphatic heterocycles. The van der Waals surface area contributed by atoms with Crippen molar-refractivity contribution in [2.75, 3.05) is 12.2 Å². The van der Waals surface area contributed by atoms with Gasteiger partial charge >= 0.3 is 12.1 Å². The summed E-state index contributed by atoms with van der Waals surface area (Å²) in [4.78, 5) is 36.4. The highest BCUT2D eigenvalue weighted by Crippen LogP contribution is 2.37. The summed E-state index contributed by atoms with van der Waals surface area (Å²) in [6.45, 7) is 1.83. The maximum absolute atomic E-state index is 13.0. The molecule has 2 aromatic carbocycles. The lowest BCUT2D eigenvalue weighted by Gasteiger charge is -2.35. The first kappa shape index (κ1) is 25.4. The first-order chi connectivity index (χ1) is 17.0. The van der Waals surface area contributed by atoms with Crippen molar-refractivity contribution in [1.82, 2.24) is 15.3 Å². The fraction of sp³-hybridized carbons (Fsp3) is 0.174. The van der Waals surface area contributed by atoms with E-state index in [-0.39, 0.29) is 21.3 Å². The van der Waals surface area contributed by atoms with E-state index in [0.717, 1.165) is 5.69 Å². The molecule has 0 saturated heterocycles. The molecule has 1 amide bonds. The molecule has 2 heterocycles. The molecule has 1 unspecified atom stereocenters. The van der Waals surface area contributed by atoms with Gasteiger partial charge in [-0.05, 0) is 42.8 Å². The zero-order valence-corrected chi connectivity index (χ0v) is 20.1. The zero-order chi connectivity index (χ0) is 26.2. The minimum atomic E-state index is -5.29. The number of halogens is 5. The van der Waals surface area contributed by atoms with Crippen LogP contribution in [-0.2, 0) is 9.63 Å². The van der Waals surface area contributed by atoms with Crippen molar-refractivity contribution in [1.29, 1.82) is 0 Å². The number of fused-ring (bicyclic) bond motifs is 1. The standard InChI is InChI=1S/C23H17Cl2F3N4O4/c1-11-10-29-20(30-11)14-5-3-12(7-17(14)35-2)4-6-18-31-21(33)19-15(25)8-13(24)9-16(19)32(18)36-22(34)23(26,27)28/h3-10,18H,1-2H3,(H,29,30)(H,31,33). The molecule has 36 heavy (non-hydrogen) atoms. The monoisotopic (exact) mass is 540 g/mol. The molecule has 4 rings (SSSR count). The maximum Gasteiger partial charge on any atom is 0.493 e. The maximum atomic E-state index is 13.0. The van der Waals surface area contributed by atoms with E-state index in [9.17, 15) is 22.8 Å². The van der Waals surface area contributed by atoms with Crippen LogP contribution in [-0.4, -0.2) is 41.3 Å². The average molecular weight is 541 g/mol. The molecule has 3 aromatic rings. The number of hydrogen-bond donors (Lipinski definition) is 2. The summed E-state index contributed by atoms with van der Waals surface area (Å²) in [5.74, 6) is -2.11. The number of nitrogens with one attached hydrogen (secondary N) is 2. The number of ether oxygens (including phenoxy) is 1. The Labute approximate surface area is 212 Å². The lowest BCUT2D eigenvalue weighted by molar-refractivity contribution is -0.202. The van der Waals surface area contributed by atoms with Crippen LogP contribution in [0.25, 0.3) is 17.5 Å². The number of H-pyrrole nitrogens is 1. The van der Waals surface area contributed by atoms with Gasteiger partial charge in [0.1, 0.15) is 11.6 Å². The molecular formula is C23H17Cl2F3N4O4. The van der Waals surface area contributed by atoms with Gasteiger partial charge < -0.3 is 19.9 Å². The predicted molar refractivity (Wildman–Crippen MR) is 127 cm³/mol. The third kappa shape index (κ3) is 5.12. The van der Waals surface area contributed by atoms with Crippen LogP contribution in [0.2, 0.25) is 10.0 Å². The van der Waals surface area contributed by atoms with Crippen LogP contribution in [0.4, 0.5) is 18.9 Å². The second-order valence-electron chi connectivity index (χ2n) is 7.61. The number of imidazole rings is 1. The molecule has 13 heteroatoms. The average Bonchev–Trinajstić information content (AvgIpc) is 3.24. The fourth-order valence-electron chi connectivity index (χ4n) is 3.51. The van der Waals surface area contributed by atoms with Crippen molar-refractivity contribution < 1.29 is 32.3 Å². The summed E-state index contributed by atoms with van der Waals surface area (Å²) in [6.07, 6.45) is -2.02. The van der Waals surface area contributed by atoms with Gasteiger partial charge in [0.15, 0.2) is 6.17 Å². The van der Waals surface area contributed by atoms with E-state index in [4.69, 9.17) is 27.9 Å². The molecule has 1 aliphatic rings. The molecule has 0 radical (unpaired) electrons. The summed E-state index contributed by atoms with van der Waals surface area (Å²) in [6, 6.07) is 7.55. The van der Waals surface area contributed by atoms with Crippen molar-refractivity contribution in [3.8, 4) is 17.1 Å². The number of hydroxylamine groups is 1. The Morgan fingerprint density at radius 2 is 1.97 bits per heavy atom. The Balaban J connectivity index is 1.70. The predicted octanol–water partition coefficient (Wildman–Crippen LogP) is 5.31. The van der Waals surface area contributed by atoms with Gasteiger partial charge in [0.05, 0.1) is 34.6 Å². The van der Waals surface area contributed by atoms with Crippen LogP contribution in [0, 0.1) is 6.92 Å². The number of carbonyl (C=O) groups excluding carboxylic acids is 2. The second kappa shape index (κ2) is 9.75. The summed E-state index contributed by atoms with van der Waals surface area (Å²) < 4.78 is 44.4. The molecule has 0 fully saturated rings. The number of benzene rings is 2. The Kier molecular flexibility index (Phi) is 6.87. The molecule has 0 spiro atoms. The number of anilines is 1. The summed E-state index contributed by atoms with van der Waals surface area (Å²) in [7, 11) is 1.48. The molecular weight excluding hydrogens is 524 g/mol. The lowest BCUT2D eigenvalue weighted by atomic mass is 10.1. The number of rotatable bonds is 5. The second-order valence-corrected chi connectivity index (χ2v) is 8.46. The number of nitrogens with zero attached hydrogens (tertiary/aromatic N) is 2. The Hall–Kier alpha value is -3.70. The van der Waals surface area contributed by atoms with E-state index in [2.05, 4.69) is 20.1 Å². The Morgan fingerprint density at radius 3 is 2.61 bits per heavy atom. The first-order valence-corrected chi connectivity index (χ1v) is 11.0. The number of alkyl halides is 3. The van der Waals surface area contributed by atoms with E-state index in [0.29, 0.717) is 27.8 Å². The van der Waals surface area contributed by atoms with Gasteiger partial charge in [-0.25, -0.2) is 9.78 Å². The van der Waals surface area contributed by atoms with Crippen LogP contribution >= 0.6 is 23.2 Å². The number of aromatic amines is 1. The van der Waals surface area contributed by atoms with Gasteiger partial charge in [-0.2, -0.15) is 18.2 Å². The van der Waals surface area contributed by atoms with Gasteiger partial charge in [0.2, 0.25) is 0 Å². The van der Waals surface area contributed by atoms with E-state index in [1.165, 1.54) is 31.4 Å². The number of carbonyl (C=O) groups is 2.